The van der Waals surface area contributed by atoms with E-state index in [4.69, 9.17) is 14.5 Å². The van der Waals surface area contributed by atoms with Crippen molar-refractivity contribution in [1.29, 1.82) is 0 Å². The first-order chi connectivity index (χ1) is 19.8. The van der Waals surface area contributed by atoms with Crippen LogP contribution in [0.3, 0.4) is 0 Å². The van der Waals surface area contributed by atoms with E-state index >= 15 is 0 Å². The maximum atomic E-state index is 14.1. The Hall–Kier alpha value is -4.51. The first-order valence-corrected chi connectivity index (χ1v) is 13.9. The third-order valence-electron chi connectivity index (χ3n) is 7.30. The van der Waals surface area contributed by atoms with Crippen molar-refractivity contribution < 1.29 is 14.3 Å². The lowest BCUT2D eigenvalue weighted by atomic mass is 10.0. The van der Waals surface area contributed by atoms with Crippen molar-refractivity contribution in [2.45, 2.75) is 53.6 Å². The molecule has 0 spiro atoms. The minimum atomic E-state index is -0.284. The summed E-state index contributed by atoms with van der Waals surface area (Å²) in [5.74, 6) is 1.03. The third-order valence-corrected chi connectivity index (χ3v) is 7.30. The fourth-order valence-corrected chi connectivity index (χ4v) is 5.48. The van der Waals surface area contributed by atoms with Gasteiger partial charge in [0.2, 0.25) is 0 Å². The maximum absolute atomic E-state index is 14.1. The molecule has 0 fully saturated rings. The van der Waals surface area contributed by atoms with Gasteiger partial charge >= 0.3 is 5.69 Å². The van der Waals surface area contributed by atoms with Gasteiger partial charge < -0.3 is 20.2 Å². The summed E-state index contributed by atoms with van der Waals surface area (Å²) in [6, 6.07) is 10.1. The Balaban J connectivity index is 1.66. The van der Waals surface area contributed by atoms with E-state index in [0.717, 1.165) is 52.0 Å². The largest absolute Gasteiger partial charge is 0.493 e. The number of hydrazine groups is 2. The molecule has 0 saturated carbocycles. The average Bonchev–Trinajstić information content (AvgIpc) is 3.42. The van der Waals surface area contributed by atoms with Crippen LogP contribution in [0.4, 0.5) is 5.69 Å². The van der Waals surface area contributed by atoms with Crippen molar-refractivity contribution in [2.24, 2.45) is 4.99 Å². The van der Waals surface area contributed by atoms with Gasteiger partial charge in [-0.05, 0) is 69.4 Å². The lowest BCUT2D eigenvalue weighted by Gasteiger charge is -2.18. The Morgan fingerprint density at radius 2 is 1.88 bits per heavy atom. The summed E-state index contributed by atoms with van der Waals surface area (Å²) in [5, 5.41) is 2.87. The van der Waals surface area contributed by atoms with Crippen LogP contribution in [0.25, 0.3) is 11.3 Å². The van der Waals surface area contributed by atoms with Crippen molar-refractivity contribution in [3.63, 3.8) is 0 Å². The fourth-order valence-electron chi connectivity index (χ4n) is 5.48. The molecule has 216 valence electrons. The number of rotatable bonds is 8. The summed E-state index contributed by atoms with van der Waals surface area (Å²) in [5.41, 5.74) is 15.6. The SMILES string of the molecule is CCOc1cc2c(cc1OC)-c1c/c(=N\c3c(C)cc(C)cc3C)n(CCNC(=O)C3=CNNN3)c(=O)n1CCC2. The Kier molecular flexibility index (Phi) is 8.16. The van der Waals surface area contributed by atoms with Gasteiger partial charge in [-0.25, -0.2) is 9.79 Å². The third kappa shape index (κ3) is 5.71. The first kappa shape index (κ1) is 28.0. The fraction of sp³-hybridized carbons (Fsp3) is 0.367. The first-order valence-electron chi connectivity index (χ1n) is 13.9. The number of hydrogen-bond acceptors (Lipinski definition) is 8. The van der Waals surface area contributed by atoms with Gasteiger partial charge in [0.05, 0.1) is 25.1 Å². The van der Waals surface area contributed by atoms with Crippen LogP contribution in [0.2, 0.25) is 0 Å². The van der Waals surface area contributed by atoms with Crippen LogP contribution in [-0.2, 0) is 24.3 Å². The van der Waals surface area contributed by atoms with Crippen LogP contribution in [0, 0.1) is 20.8 Å². The molecule has 11 nitrogen and oxygen atoms in total. The van der Waals surface area contributed by atoms with Gasteiger partial charge in [0, 0.05) is 37.5 Å². The number of amides is 1. The van der Waals surface area contributed by atoms with E-state index < -0.39 is 0 Å². The molecule has 41 heavy (non-hydrogen) atoms. The molecular weight excluding hydrogens is 522 g/mol. The van der Waals surface area contributed by atoms with E-state index in [2.05, 4.69) is 40.8 Å². The highest BCUT2D eigenvalue weighted by Crippen LogP contribution is 2.37. The molecule has 0 saturated heterocycles. The molecule has 5 rings (SSSR count). The molecule has 0 radical (unpaired) electrons. The Morgan fingerprint density at radius 1 is 1.10 bits per heavy atom. The van der Waals surface area contributed by atoms with Crippen molar-refractivity contribution in [2.75, 3.05) is 20.3 Å². The molecule has 2 aliphatic rings. The molecular formula is C30H37N7O4. The van der Waals surface area contributed by atoms with Gasteiger partial charge in [0.25, 0.3) is 5.91 Å². The second kappa shape index (κ2) is 11.9. The lowest BCUT2D eigenvalue weighted by molar-refractivity contribution is -0.117. The topological polar surface area (TPSA) is 123 Å². The summed E-state index contributed by atoms with van der Waals surface area (Å²) in [4.78, 5) is 31.7. The summed E-state index contributed by atoms with van der Waals surface area (Å²) < 4.78 is 14.9. The summed E-state index contributed by atoms with van der Waals surface area (Å²) in [7, 11) is 1.62. The average molecular weight is 560 g/mol. The second-order valence-electron chi connectivity index (χ2n) is 10.2. The second-order valence-corrected chi connectivity index (χ2v) is 10.2. The monoisotopic (exact) mass is 559 g/mol. The van der Waals surface area contributed by atoms with Gasteiger partial charge in [0.15, 0.2) is 11.5 Å². The van der Waals surface area contributed by atoms with E-state index in [1.807, 2.05) is 39.0 Å². The van der Waals surface area contributed by atoms with E-state index in [-0.39, 0.29) is 24.7 Å². The number of benzene rings is 2. The molecule has 1 aromatic heterocycles. The van der Waals surface area contributed by atoms with Crippen LogP contribution >= 0.6 is 0 Å². The smallest absolute Gasteiger partial charge is 0.330 e. The number of aryl methyl sites for hydroxylation is 4. The van der Waals surface area contributed by atoms with E-state index in [0.29, 0.717) is 35.8 Å². The van der Waals surface area contributed by atoms with Gasteiger partial charge in [-0.15, -0.1) is 0 Å². The van der Waals surface area contributed by atoms with Crippen LogP contribution in [-0.4, -0.2) is 35.3 Å². The van der Waals surface area contributed by atoms with E-state index in [9.17, 15) is 9.59 Å². The normalized spacial score (nSPS) is 14.3. The summed E-state index contributed by atoms with van der Waals surface area (Å²) >= 11 is 0. The number of hydrogen-bond donors (Lipinski definition) is 4. The minimum absolute atomic E-state index is 0.180. The number of methoxy groups -OCH3 is 1. The highest BCUT2D eigenvalue weighted by Gasteiger charge is 2.22. The van der Waals surface area contributed by atoms with Gasteiger partial charge in [0.1, 0.15) is 11.2 Å². The molecule has 0 bridgehead atoms. The van der Waals surface area contributed by atoms with Crippen molar-refractivity contribution in [3.8, 4) is 22.8 Å². The number of fused-ring (bicyclic) bond motifs is 3. The highest BCUT2D eigenvalue weighted by molar-refractivity contribution is 5.92. The van der Waals surface area contributed by atoms with Crippen LogP contribution < -0.4 is 42.4 Å². The molecule has 3 aromatic rings. The van der Waals surface area contributed by atoms with Crippen LogP contribution in [0.5, 0.6) is 11.5 Å². The summed E-state index contributed by atoms with van der Waals surface area (Å²) in [6.45, 7) is 9.63. The number of ether oxygens (including phenoxy) is 2. The standard InChI is InChI=1S/C30H37N7O4/c1-6-41-26-14-21-8-7-10-36-24(22(21)15-25(26)40-5)16-27(33-28-19(3)12-18(2)13-20(28)4)37(30(36)39)11-9-31-29(38)23-17-32-35-34-23/h12-17,32,34-35H,6-11H2,1-5H3,(H,31,38)/b33-27+. The number of aromatic nitrogens is 2. The van der Waals surface area contributed by atoms with Crippen LogP contribution in [0.1, 0.15) is 35.6 Å². The summed E-state index contributed by atoms with van der Waals surface area (Å²) in [6.07, 6.45) is 3.12. The van der Waals surface area contributed by atoms with Crippen molar-refractivity contribution in [3.05, 3.63) is 80.5 Å². The quantitative estimate of drug-likeness (QED) is 0.334. The zero-order chi connectivity index (χ0) is 29.1. The maximum Gasteiger partial charge on any atom is 0.330 e. The van der Waals surface area contributed by atoms with Crippen molar-refractivity contribution >= 4 is 11.6 Å². The van der Waals surface area contributed by atoms with Crippen molar-refractivity contribution in [1.82, 2.24) is 30.8 Å². The van der Waals surface area contributed by atoms with E-state index in [1.165, 1.54) is 6.20 Å². The minimum Gasteiger partial charge on any atom is -0.493 e. The molecule has 3 heterocycles. The molecule has 2 aromatic carbocycles. The van der Waals surface area contributed by atoms with Gasteiger partial charge in [-0.2, -0.15) is 5.53 Å². The van der Waals surface area contributed by atoms with Gasteiger partial charge in [-0.3, -0.25) is 19.4 Å². The Bertz CT molecular complexity index is 1630. The number of carbonyl (C=O) groups is 1. The molecule has 0 atom stereocenters. The predicted molar refractivity (Wildman–Crippen MR) is 157 cm³/mol. The zero-order valence-electron chi connectivity index (χ0n) is 24.2. The zero-order valence-corrected chi connectivity index (χ0v) is 24.2. The highest BCUT2D eigenvalue weighted by atomic mass is 16.5. The number of nitrogens with one attached hydrogen (secondary N) is 4. The molecule has 1 amide bonds. The lowest BCUT2D eigenvalue weighted by Crippen LogP contribution is -2.44. The Morgan fingerprint density at radius 3 is 2.56 bits per heavy atom. The number of nitrogens with zero attached hydrogens (tertiary/aromatic N) is 3. The molecule has 4 N–H and O–H groups in total. The predicted octanol–water partition coefficient (Wildman–Crippen LogP) is 2.40. The molecule has 0 unspecified atom stereocenters. The van der Waals surface area contributed by atoms with Gasteiger partial charge in [-0.1, -0.05) is 17.7 Å². The molecule has 2 aliphatic heterocycles. The molecule has 0 aliphatic carbocycles. The van der Waals surface area contributed by atoms with Crippen LogP contribution in [0.15, 0.2) is 52.0 Å². The Labute approximate surface area is 238 Å². The van der Waals surface area contributed by atoms with E-state index in [1.54, 1.807) is 16.2 Å². The molecule has 11 heteroatoms. The number of carbonyl (C=O) groups excluding carboxylic acids is 1.